The number of carbonyl (C=O) groups excluding carboxylic acids is 1. The molecule has 1 heterocycles. The van der Waals surface area contributed by atoms with E-state index in [2.05, 4.69) is 26.2 Å². The molecule has 4 nitrogen and oxygen atoms in total. The lowest BCUT2D eigenvalue weighted by Gasteiger charge is -2.13. The van der Waals surface area contributed by atoms with Crippen LogP contribution in [0.4, 0.5) is 5.13 Å². The summed E-state index contributed by atoms with van der Waals surface area (Å²) in [5, 5.41) is 3.22. The molecular formula is C8H12BrN3OS. The van der Waals surface area contributed by atoms with Crippen LogP contribution in [0, 0.1) is 5.92 Å². The van der Waals surface area contributed by atoms with Crippen LogP contribution in [0.2, 0.25) is 0 Å². The largest absolute Gasteiger partial charge is 0.320 e. The van der Waals surface area contributed by atoms with E-state index in [1.54, 1.807) is 6.20 Å². The van der Waals surface area contributed by atoms with E-state index in [9.17, 15) is 4.79 Å². The Morgan fingerprint density at radius 2 is 2.36 bits per heavy atom. The molecule has 0 fully saturated rings. The zero-order valence-electron chi connectivity index (χ0n) is 7.95. The molecular weight excluding hydrogens is 266 g/mol. The highest BCUT2D eigenvalue weighted by Gasteiger charge is 2.17. The third kappa shape index (κ3) is 3.04. The molecule has 0 bridgehead atoms. The van der Waals surface area contributed by atoms with E-state index in [-0.39, 0.29) is 11.8 Å². The van der Waals surface area contributed by atoms with Gasteiger partial charge in [-0.15, -0.1) is 0 Å². The van der Waals surface area contributed by atoms with Gasteiger partial charge in [-0.2, -0.15) is 0 Å². The number of hydrogen-bond acceptors (Lipinski definition) is 4. The molecule has 0 aliphatic rings. The van der Waals surface area contributed by atoms with Gasteiger partial charge in [-0.3, -0.25) is 4.79 Å². The first-order valence-corrected chi connectivity index (χ1v) is 5.79. The average Bonchev–Trinajstić information content (AvgIpc) is 2.49. The molecule has 6 heteroatoms. The zero-order valence-corrected chi connectivity index (χ0v) is 10.4. The number of nitrogens with two attached hydrogens (primary N) is 1. The van der Waals surface area contributed by atoms with Crippen molar-refractivity contribution in [2.45, 2.75) is 19.9 Å². The first-order chi connectivity index (χ1) is 6.50. The maximum absolute atomic E-state index is 11.5. The minimum absolute atomic E-state index is 0.124. The number of amides is 1. The van der Waals surface area contributed by atoms with Gasteiger partial charge in [0.1, 0.15) is 0 Å². The Bertz CT molecular complexity index is 326. The molecule has 1 rings (SSSR count). The highest BCUT2D eigenvalue weighted by atomic mass is 79.9. The van der Waals surface area contributed by atoms with Crippen molar-refractivity contribution in [3.05, 3.63) is 9.98 Å². The minimum Gasteiger partial charge on any atom is -0.320 e. The predicted octanol–water partition coefficient (Wildman–Crippen LogP) is 1.83. The molecule has 0 radical (unpaired) electrons. The topological polar surface area (TPSA) is 68.0 Å². The molecule has 0 aromatic carbocycles. The summed E-state index contributed by atoms with van der Waals surface area (Å²) >= 11 is 4.62. The number of hydrogen-bond donors (Lipinski definition) is 2. The molecule has 14 heavy (non-hydrogen) atoms. The van der Waals surface area contributed by atoms with Gasteiger partial charge in [0.05, 0.1) is 16.0 Å². The Labute approximate surface area is 95.0 Å². The van der Waals surface area contributed by atoms with E-state index in [1.165, 1.54) is 11.3 Å². The number of rotatable bonds is 3. The SMILES string of the molecule is CC(C)[C@@H](N)C(=O)Nc1ncc(Br)s1. The summed E-state index contributed by atoms with van der Waals surface area (Å²) in [6.07, 6.45) is 1.64. The highest BCUT2D eigenvalue weighted by molar-refractivity contribution is 9.11. The van der Waals surface area contributed by atoms with Crippen LogP contribution in [-0.2, 0) is 4.79 Å². The quantitative estimate of drug-likeness (QED) is 0.886. The molecule has 1 atom stereocenters. The van der Waals surface area contributed by atoms with E-state index in [0.717, 1.165) is 3.79 Å². The maximum atomic E-state index is 11.5. The van der Waals surface area contributed by atoms with Gasteiger partial charge in [-0.05, 0) is 21.8 Å². The molecule has 0 spiro atoms. The second-order valence-electron chi connectivity index (χ2n) is 3.23. The van der Waals surface area contributed by atoms with Gasteiger partial charge >= 0.3 is 0 Å². The fourth-order valence-corrected chi connectivity index (χ4v) is 1.91. The van der Waals surface area contributed by atoms with E-state index in [4.69, 9.17) is 5.73 Å². The second kappa shape index (κ2) is 4.86. The molecule has 0 unspecified atom stereocenters. The van der Waals surface area contributed by atoms with Gasteiger partial charge < -0.3 is 11.1 Å². The fraction of sp³-hybridized carbons (Fsp3) is 0.500. The summed E-state index contributed by atoms with van der Waals surface area (Å²) in [6.45, 7) is 3.81. The number of halogens is 1. The highest BCUT2D eigenvalue weighted by Crippen LogP contribution is 2.23. The van der Waals surface area contributed by atoms with Crippen molar-refractivity contribution in [3.8, 4) is 0 Å². The lowest BCUT2D eigenvalue weighted by atomic mass is 10.1. The second-order valence-corrected chi connectivity index (χ2v) is 5.64. The minimum atomic E-state index is -0.488. The van der Waals surface area contributed by atoms with E-state index >= 15 is 0 Å². The average molecular weight is 278 g/mol. The van der Waals surface area contributed by atoms with Crippen LogP contribution in [0.1, 0.15) is 13.8 Å². The van der Waals surface area contributed by atoms with Gasteiger partial charge in [0.25, 0.3) is 0 Å². The third-order valence-corrected chi connectivity index (χ3v) is 3.12. The van der Waals surface area contributed by atoms with Crippen LogP contribution in [0.15, 0.2) is 9.98 Å². The number of carbonyl (C=O) groups is 1. The van der Waals surface area contributed by atoms with Crippen LogP contribution in [-0.4, -0.2) is 16.9 Å². The summed E-state index contributed by atoms with van der Waals surface area (Å²) in [5.74, 6) is -0.0692. The standard InChI is InChI=1S/C8H12BrN3OS/c1-4(2)6(10)7(13)12-8-11-3-5(9)14-8/h3-4,6H,10H2,1-2H3,(H,11,12,13)/t6-/m1/s1. The molecule has 0 aliphatic heterocycles. The molecule has 78 valence electrons. The molecule has 0 saturated heterocycles. The number of aromatic nitrogens is 1. The van der Waals surface area contributed by atoms with Gasteiger partial charge in [-0.1, -0.05) is 25.2 Å². The van der Waals surface area contributed by atoms with Crippen molar-refractivity contribution in [1.82, 2.24) is 4.98 Å². The molecule has 0 saturated carbocycles. The van der Waals surface area contributed by atoms with Crippen molar-refractivity contribution >= 4 is 38.3 Å². The van der Waals surface area contributed by atoms with Crippen molar-refractivity contribution in [3.63, 3.8) is 0 Å². The maximum Gasteiger partial charge on any atom is 0.243 e. The molecule has 1 aromatic heterocycles. The van der Waals surface area contributed by atoms with Gasteiger partial charge in [-0.25, -0.2) is 4.98 Å². The summed E-state index contributed by atoms with van der Waals surface area (Å²) in [6, 6.07) is -0.488. The zero-order chi connectivity index (χ0) is 10.7. The Morgan fingerprint density at radius 3 is 2.79 bits per heavy atom. The van der Waals surface area contributed by atoms with Gasteiger partial charge in [0.15, 0.2) is 5.13 Å². The Kier molecular flexibility index (Phi) is 4.03. The molecule has 3 N–H and O–H groups in total. The van der Waals surface area contributed by atoms with E-state index < -0.39 is 6.04 Å². The Morgan fingerprint density at radius 1 is 1.71 bits per heavy atom. The Balaban J connectivity index is 2.57. The number of thiazole rings is 1. The Hall–Kier alpha value is -0.460. The van der Waals surface area contributed by atoms with Crippen molar-refractivity contribution in [2.75, 3.05) is 5.32 Å². The predicted molar refractivity (Wildman–Crippen MR) is 61.3 cm³/mol. The molecule has 1 aromatic rings. The van der Waals surface area contributed by atoms with E-state index in [1.807, 2.05) is 13.8 Å². The summed E-state index contributed by atoms with van der Waals surface area (Å²) in [5.41, 5.74) is 5.67. The van der Waals surface area contributed by atoms with Gasteiger partial charge in [0.2, 0.25) is 5.91 Å². The van der Waals surface area contributed by atoms with Gasteiger partial charge in [0, 0.05) is 0 Å². The van der Waals surface area contributed by atoms with Crippen LogP contribution in [0.5, 0.6) is 0 Å². The van der Waals surface area contributed by atoms with Crippen LogP contribution in [0.25, 0.3) is 0 Å². The number of nitrogens with one attached hydrogen (secondary N) is 1. The lowest BCUT2D eigenvalue weighted by Crippen LogP contribution is -2.39. The first kappa shape index (κ1) is 11.6. The van der Waals surface area contributed by atoms with Crippen LogP contribution in [0.3, 0.4) is 0 Å². The van der Waals surface area contributed by atoms with Crippen LogP contribution < -0.4 is 11.1 Å². The number of nitrogens with zero attached hydrogens (tertiary/aromatic N) is 1. The summed E-state index contributed by atoms with van der Waals surface area (Å²) in [4.78, 5) is 15.5. The fourth-order valence-electron chi connectivity index (χ4n) is 0.804. The number of anilines is 1. The van der Waals surface area contributed by atoms with E-state index in [0.29, 0.717) is 5.13 Å². The smallest absolute Gasteiger partial charge is 0.243 e. The lowest BCUT2D eigenvalue weighted by molar-refractivity contribution is -0.118. The third-order valence-electron chi connectivity index (χ3n) is 1.73. The summed E-state index contributed by atoms with van der Waals surface area (Å²) in [7, 11) is 0. The van der Waals surface area contributed by atoms with Crippen LogP contribution >= 0.6 is 27.3 Å². The molecule has 1 amide bonds. The summed E-state index contributed by atoms with van der Waals surface area (Å²) < 4.78 is 0.880. The van der Waals surface area contributed by atoms with Crippen molar-refractivity contribution < 1.29 is 4.79 Å². The normalized spacial score (nSPS) is 12.9. The first-order valence-electron chi connectivity index (χ1n) is 4.18. The van der Waals surface area contributed by atoms with Crippen molar-refractivity contribution in [1.29, 1.82) is 0 Å². The molecule has 0 aliphatic carbocycles. The van der Waals surface area contributed by atoms with Crippen molar-refractivity contribution in [2.24, 2.45) is 11.7 Å². The monoisotopic (exact) mass is 277 g/mol.